The number of aliphatic imine (C=N–C) groups is 1. The molecular formula is C25H28N2O3. The first-order valence-electron chi connectivity index (χ1n) is 10.4. The molecule has 0 aromatic heterocycles. The van der Waals surface area contributed by atoms with Gasteiger partial charge in [0.1, 0.15) is 11.4 Å². The number of nitrogens with zero attached hydrogens (tertiary/aromatic N) is 2. The third-order valence-electron chi connectivity index (χ3n) is 5.36. The van der Waals surface area contributed by atoms with E-state index >= 15 is 0 Å². The predicted octanol–water partition coefficient (Wildman–Crippen LogP) is 4.76. The van der Waals surface area contributed by atoms with E-state index in [0.717, 1.165) is 34.8 Å². The molecule has 0 radical (unpaired) electrons. The third-order valence-corrected chi connectivity index (χ3v) is 5.36. The molecule has 2 aliphatic heterocycles. The van der Waals surface area contributed by atoms with Crippen LogP contribution in [0.25, 0.3) is 0 Å². The molecule has 1 amide bonds. The second kappa shape index (κ2) is 7.98. The summed E-state index contributed by atoms with van der Waals surface area (Å²) in [6, 6.07) is 15.8. The Labute approximate surface area is 178 Å². The zero-order valence-electron chi connectivity index (χ0n) is 18.0. The minimum Gasteiger partial charge on any atom is -0.483 e. The molecule has 1 unspecified atom stereocenters. The number of carbonyl (C=O) groups excluding carboxylic acids is 1. The van der Waals surface area contributed by atoms with E-state index in [1.807, 2.05) is 55.5 Å². The van der Waals surface area contributed by atoms with Crippen LogP contribution < -0.4 is 9.47 Å². The molecule has 0 N–H and O–H groups in total. The molecular weight excluding hydrogens is 376 g/mol. The van der Waals surface area contributed by atoms with Crippen molar-refractivity contribution < 1.29 is 14.3 Å². The highest BCUT2D eigenvalue weighted by Crippen LogP contribution is 2.41. The number of benzene rings is 2. The van der Waals surface area contributed by atoms with Gasteiger partial charge in [0.2, 0.25) is 0 Å². The van der Waals surface area contributed by atoms with Crippen LogP contribution in [0.5, 0.6) is 11.5 Å². The second-order valence-corrected chi connectivity index (χ2v) is 8.60. The summed E-state index contributed by atoms with van der Waals surface area (Å²) in [5.41, 5.74) is 2.83. The van der Waals surface area contributed by atoms with E-state index in [1.165, 1.54) is 0 Å². The van der Waals surface area contributed by atoms with E-state index in [1.54, 1.807) is 4.90 Å². The molecule has 5 heteroatoms. The maximum atomic E-state index is 13.2. The van der Waals surface area contributed by atoms with Crippen molar-refractivity contribution in [3.05, 3.63) is 71.4 Å². The average Bonchev–Trinajstić information content (AvgIpc) is 3.21. The smallest absolute Gasteiger partial charge is 0.266 e. The van der Waals surface area contributed by atoms with Gasteiger partial charge < -0.3 is 9.47 Å². The maximum absolute atomic E-state index is 13.2. The van der Waals surface area contributed by atoms with E-state index in [-0.39, 0.29) is 24.0 Å². The van der Waals surface area contributed by atoms with E-state index in [2.05, 4.69) is 31.8 Å². The Kier molecular flexibility index (Phi) is 5.37. The van der Waals surface area contributed by atoms with Crippen LogP contribution in [0.2, 0.25) is 0 Å². The van der Waals surface area contributed by atoms with Crippen molar-refractivity contribution in [1.29, 1.82) is 0 Å². The van der Waals surface area contributed by atoms with Gasteiger partial charge in [0, 0.05) is 23.6 Å². The zero-order chi connectivity index (χ0) is 21.3. The van der Waals surface area contributed by atoms with Gasteiger partial charge in [-0.15, -0.1) is 0 Å². The van der Waals surface area contributed by atoms with E-state index in [9.17, 15) is 4.79 Å². The number of amidine groups is 1. The van der Waals surface area contributed by atoms with E-state index in [4.69, 9.17) is 9.47 Å². The predicted molar refractivity (Wildman–Crippen MR) is 118 cm³/mol. The maximum Gasteiger partial charge on any atom is 0.266 e. The fourth-order valence-corrected chi connectivity index (χ4v) is 4.04. The summed E-state index contributed by atoms with van der Waals surface area (Å²) in [5.74, 6) is 2.08. The summed E-state index contributed by atoms with van der Waals surface area (Å²) in [6.07, 6.45) is 2.90. The van der Waals surface area contributed by atoms with Crippen molar-refractivity contribution in [2.45, 2.75) is 46.3 Å². The van der Waals surface area contributed by atoms with Crippen molar-refractivity contribution in [3.63, 3.8) is 0 Å². The third kappa shape index (κ3) is 4.25. The number of hydrogen-bond acceptors (Lipinski definition) is 4. The Balaban J connectivity index is 1.52. The summed E-state index contributed by atoms with van der Waals surface area (Å²) in [6.45, 7) is 8.51. The van der Waals surface area contributed by atoms with Gasteiger partial charge in [-0.2, -0.15) is 0 Å². The van der Waals surface area contributed by atoms with Gasteiger partial charge in [0.15, 0.2) is 18.1 Å². The van der Waals surface area contributed by atoms with Crippen molar-refractivity contribution in [2.24, 2.45) is 10.9 Å². The van der Waals surface area contributed by atoms with Crippen LogP contribution in [0.1, 0.15) is 38.8 Å². The molecule has 30 heavy (non-hydrogen) atoms. The molecule has 2 aliphatic rings. The van der Waals surface area contributed by atoms with Gasteiger partial charge in [-0.25, -0.2) is 4.99 Å². The molecule has 0 spiro atoms. The number of fused-ring (bicyclic) bond motifs is 1. The van der Waals surface area contributed by atoms with Crippen LogP contribution in [0.15, 0.2) is 65.3 Å². The van der Waals surface area contributed by atoms with Gasteiger partial charge in [0.05, 0.1) is 6.54 Å². The van der Waals surface area contributed by atoms with Crippen molar-refractivity contribution >= 4 is 11.7 Å². The van der Waals surface area contributed by atoms with E-state index in [0.29, 0.717) is 12.3 Å². The van der Waals surface area contributed by atoms with Crippen LogP contribution in [0.3, 0.4) is 0 Å². The van der Waals surface area contributed by atoms with Crippen molar-refractivity contribution in [2.75, 3.05) is 6.61 Å². The van der Waals surface area contributed by atoms with Crippen LogP contribution in [0, 0.1) is 5.92 Å². The summed E-state index contributed by atoms with van der Waals surface area (Å²) in [7, 11) is 0. The Morgan fingerprint density at radius 1 is 1.20 bits per heavy atom. The highest BCUT2D eigenvalue weighted by atomic mass is 16.5. The first-order chi connectivity index (χ1) is 14.3. The Morgan fingerprint density at radius 3 is 2.67 bits per heavy atom. The topological polar surface area (TPSA) is 51.1 Å². The standard InChI is InChI=1S/C25H28N2O3/c1-17-13-18(2)26-24(17)27(15-19-9-6-5-7-10-19)22(28)16-29-21-12-8-11-20-14-25(3,4)30-23(20)21/h5-13,17H,14-16H2,1-4H3. The molecule has 5 nitrogen and oxygen atoms in total. The van der Waals surface area contributed by atoms with Gasteiger partial charge >= 0.3 is 0 Å². The Bertz CT molecular complexity index is 1010. The molecule has 0 saturated heterocycles. The SMILES string of the molecule is CC1=CC(C)C(N(Cc2ccccc2)C(=O)COc2cccc3c2OC(C)(C)C3)=N1. The van der Waals surface area contributed by atoms with Crippen LogP contribution >= 0.6 is 0 Å². The monoisotopic (exact) mass is 404 g/mol. The van der Waals surface area contributed by atoms with Gasteiger partial charge in [-0.05, 0) is 32.4 Å². The van der Waals surface area contributed by atoms with Crippen LogP contribution in [0.4, 0.5) is 0 Å². The summed E-state index contributed by atoms with van der Waals surface area (Å²) < 4.78 is 12.0. The molecule has 156 valence electrons. The Morgan fingerprint density at radius 2 is 1.97 bits per heavy atom. The second-order valence-electron chi connectivity index (χ2n) is 8.60. The molecule has 2 heterocycles. The summed E-state index contributed by atoms with van der Waals surface area (Å²) in [5, 5.41) is 0. The summed E-state index contributed by atoms with van der Waals surface area (Å²) >= 11 is 0. The molecule has 0 bridgehead atoms. The number of allylic oxidation sites excluding steroid dienone is 1. The minimum atomic E-state index is -0.262. The first kappa shape index (κ1) is 20.2. The molecule has 4 rings (SSSR count). The van der Waals surface area contributed by atoms with Gasteiger partial charge in [-0.3, -0.25) is 9.69 Å². The van der Waals surface area contributed by atoms with Crippen molar-refractivity contribution in [3.8, 4) is 11.5 Å². The molecule has 2 aromatic rings. The number of rotatable bonds is 5. The van der Waals surface area contributed by atoms with Gasteiger partial charge in [-0.1, -0.05) is 55.5 Å². The molecule has 1 atom stereocenters. The lowest BCUT2D eigenvalue weighted by molar-refractivity contribution is -0.130. The van der Waals surface area contributed by atoms with Crippen LogP contribution in [-0.2, 0) is 17.8 Å². The normalized spacial score (nSPS) is 18.9. The fraction of sp³-hybridized carbons (Fsp3) is 0.360. The van der Waals surface area contributed by atoms with Crippen LogP contribution in [-0.4, -0.2) is 28.9 Å². The average molecular weight is 405 g/mol. The number of ether oxygens (including phenoxy) is 2. The number of carbonyl (C=O) groups is 1. The minimum absolute atomic E-state index is 0.0716. The molecule has 0 saturated carbocycles. The number of para-hydroxylation sites is 1. The lowest BCUT2D eigenvalue weighted by Gasteiger charge is -2.25. The molecule has 0 fully saturated rings. The first-order valence-corrected chi connectivity index (χ1v) is 10.4. The Hall–Kier alpha value is -3.08. The zero-order valence-corrected chi connectivity index (χ0v) is 18.0. The van der Waals surface area contributed by atoms with Gasteiger partial charge in [0.25, 0.3) is 5.91 Å². The quantitative estimate of drug-likeness (QED) is 0.722. The lowest BCUT2D eigenvalue weighted by Crippen LogP contribution is -2.41. The number of amides is 1. The molecule has 0 aliphatic carbocycles. The molecule has 2 aromatic carbocycles. The van der Waals surface area contributed by atoms with Crippen molar-refractivity contribution in [1.82, 2.24) is 4.90 Å². The van der Waals surface area contributed by atoms with E-state index < -0.39 is 0 Å². The lowest BCUT2D eigenvalue weighted by atomic mass is 10.0. The fourth-order valence-electron chi connectivity index (χ4n) is 4.04. The summed E-state index contributed by atoms with van der Waals surface area (Å²) in [4.78, 5) is 19.6. The highest BCUT2D eigenvalue weighted by Gasteiger charge is 2.33. The highest BCUT2D eigenvalue weighted by molar-refractivity contribution is 6.02. The largest absolute Gasteiger partial charge is 0.483 e. The number of hydrogen-bond donors (Lipinski definition) is 0.